The van der Waals surface area contributed by atoms with Crippen molar-refractivity contribution in [2.75, 3.05) is 5.73 Å². The number of H-pyrrole nitrogens is 1. The molecule has 0 spiro atoms. The molecule has 0 aliphatic carbocycles. The molecule has 0 fully saturated rings. The van der Waals surface area contributed by atoms with Crippen LogP contribution in [-0.2, 0) is 6.54 Å². The predicted molar refractivity (Wildman–Crippen MR) is 76.6 cm³/mol. The largest absolute Gasteiger partial charge is 0.393 e. The summed E-state index contributed by atoms with van der Waals surface area (Å²) in [7, 11) is 0. The van der Waals surface area contributed by atoms with Gasteiger partial charge in [0.15, 0.2) is 0 Å². The number of aromatic nitrogens is 3. The van der Waals surface area contributed by atoms with E-state index in [1.165, 1.54) is 10.8 Å². The number of para-hydroxylation sites is 1. The average molecular weight is 268 g/mol. The molecule has 0 aliphatic heterocycles. The van der Waals surface area contributed by atoms with Crippen molar-refractivity contribution in [3.8, 4) is 0 Å². The molecule has 0 radical (unpaired) electrons. The van der Waals surface area contributed by atoms with E-state index in [2.05, 4.69) is 9.97 Å². The van der Waals surface area contributed by atoms with Crippen LogP contribution in [0.25, 0.3) is 10.9 Å². The predicted octanol–water partition coefficient (Wildman–Crippen LogP) is 0.715. The molecule has 100 valence electrons. The van der Waals surface area contributed by atoms with Gasteiger partial charge in [-0.1, -0.05) is 18.2 Å². The number of nitrogens with zero attached hydrogens (tertiary/aromatic N) is 2. The summed E-state index contributed by atoms with van der Waals surface area (Å²) in [5, 5.41) is 0.965. The highest BCUT2D eigenvalue weighted by Crippen LogP contribution is 2.16. The Labute approximate surface area is 113 Å². The molecular formula is C14H12N4O2. The zero-order chi connectivity index (χ0) is 14.1. The Kier molecular flexibility index (Phi) is 2.83. The molecule has 20 heavy (non-hydrogen) atoms. The number of nitrogen functional groups attached to an aromatic ring is 1. The summed E-state index contributed by atoms with van der Waals surface area (Å²) in [5.74, 6) is 0. The van der Waals surface area contributed by atoms with E-state index in [4.69, 9.17) is 5.73 Å². The first-order chi connectivity index (χ1) is 9.65. The Balaban J connectivity index is 2.13. The van der Waals surface area contributed by atoms with Gasteiger partial charge in [-0.25, -0.2) is 4.79 Å². The molecule has 0 saturated heterocycles. The highest BCUT2D eigenvalue weighted by Gasteiger charge is 2.05. The summed E-state index contributed by atoms with van der Waals surface area (Å²) >= 11 is 0. The van der Waals surface area contributed by atoms with Crippen molar-refractivity contribution in [3.05, 3.63) is 69.1 Å². The molecule has 0 atom stereocenters. The molecule has 2 aromatic heterocycles. The number of aromatic amines is 1. The second-order valence-electron chi connectivity index (χ2n) is 4.46. The summed E-state index contributed by atoms with van der Waals surface area (Å²) in [5.41, 5.74) is 6.30. The number of benzene rings is 1. The molecule has 6 heteroatoms. The molecule has 0 saturated carbocycles. The van der Waals surface area contributed by atoms with E-state index in [1.54, 1.807) is 6.20 Å². The smallest absolute Gasteiger partial charge is 0.328 e. The number of nitrogens with two attached hydrogens (primary N) is 1. The van der Waals surface area contributed by atoms with Crippen LogP contribution in [0.5, 0.6) is 0 Å². The first kappa shape index (κ1) is 12.2. The Morgan fingerprint density at radius 1 is 1.20 bits per heavy atom. The third-order valence-corrected chi connectivity index (χ3v) is 3.12. The fourth-order valence-corrected chi connectivity index (χ4v) is 2.12. The molecular weight excluding hydrogens is 256 g/mol. The summed E-state index contributed by atoms with van der Waals surface area (Å²) in [6.45, 7) is 0.322. The lowest BCUT2D eigenvalue weighted by Crippen LogP contribution is -2.31. The van der Waals surface area contributed by atoms with Gasteiger partial charge in [0, 0.05) is 17.8 Å². The Morgan fingerprint density at radius 3 is 2.85 bits per heavy atom. The average Bonchev–Trinajstić information content (AvgIpc) is 2.45. The summed E-state index contributed by atoms with van der Waals surface area (Å²) in [6, 6.07) is 9.51. The van der Waals surface area contributed by atoms with Gasteiger partial charge >= 0.3 is 5.69 Å². The van der Waals surface area contributed by atoms with Crippen LogP contribution in [0.15, 0.2) is 52.3 Å². The number of hydrogen-bond acceptors (Lipinski definition) is 4. The maximum atomic E-state index is 11.8. The first-order valence-corrected chi connectivity index (χ1v) is 6.07. The highest BCUT2D eigenvalue weighted by atomic mass is 16.2. The lowest BCUT2D eigenvalue weighted by Gasteiger charge is -2.08. The highest BCUT2D eigenvalue weighted by molar-refractivity contribution is 5.81. The summed E-state index contributed by atoms with van der Waals surface area (Å²) < 4.78 is 1.37. The topological polar surface area (TPSA) is 93.8 Å². The molecule has 2 heterocycles. The lowest BCUT2D eigenvalue weighted by molar-refractivity contribution is 0.726. The van der Waals surface area contributed by atoms with E-state index in [0.29, 0.717) is 6.54 Å². The van der Waals surface area contributed by atoms with E-state index in [0.717, 1.165) is 16.5 Å². The van der Waals surface area contributed by atoms with Crippen molar-refractivity contribution in [2.45, 2.75) is 6.54 Å². The second kappa shape index (κ2) is 4.65. The molecule has 0 bridgehead atoms. The van der Waals surface area contributed by atoms with Crippen molar-refractivity contribution in [1.82, 2.24) is 14.5 Å². The molecule has 1 aromatic carbocycles. The zero-order valence-electron chi connectivity index (χ0n) is 10.5. The van der Waals surface area contributed by atoms with Gasteiger partial charge in [-0.3, -0.25) is 19.3 Å². The van der Waals surface area contributed by atoms with Gasteiger partial charge in [-0.2, -0.15) is 0 Å². The number of pyridine rings is 1. The van der Waals surface area contributed by atoms with Gasteiger partial charge < -0.3 is 5.73 Å². The normalized spacial score (nSPS) is 10.8. The van der Waals surface area contributed by atoms with Crippen LogP contribution < -0.4 is 17.0 Å². The molecule has 0 aliphatic rings. The number of hydrogen-bond donors (Lipinski definition) is 2. The van der Waals surface area contributed by atoms with Crippen molar-refractivity contribution >= 4 is 16.6 Å². The minimum atomic E-state index is -0.564. The molecule has 0 amide bonds. The summed E-state index contributed by atoms with van der Waals surface area (Å²) in [4.78, 5) is 29.5. The van der Waals surface area contributed by atoms with Gasteiger partial charge in [0.05, 0.1) is 12.1 Å². The van der Waals surface area contributed by atoms with E-state index in [1.807, 2.05) is 30.3 Å². The first-order valence-electron chi connectivity index (χ1n) is 6.07. The Morgan fingerprint density at radius 2 is 2.00 bits per heavy atom. The monoisotopic (exact) mass is 268 g/mol. The number of nitrogens with one attached hydrogen (secondary N) is 1. The second-order valence-corrected chi connectivity index (χ2v) is 4.46. The SMILES string of the molecule is Nc1cn(Cc2ccnc3ccccc23)c(=O)[nH]c1=O. The molecule has 6 nitrogen and oxygen atoms in total. The van der Waals surface area contributed by atoms with Gasteiger partial charge in [0.1, 0.15) is 5.69 Å². The van der Waals surface area contributed by atoms with E-state index < -0.39 is 11.2 Å². The Bertz CT molecular complexity index is 890. The number of fused-ring (bicyclic) bond motifs is 1. The van der Waals surface area contributed by atoms with Crippen molar-refractivity contribution in [2.24, 2.45) is 0 Å². The van der Waals surface area contributed by atoms with Crippen LogP contribution in [0.2, 0.25) is 0 Å². The van der Waals surface area contributed by atoms with Gasteiger partial charge in [-0.05, 0) is 17.7 Å². The fourth-order valence-electron chi connectivity index (χ4n) is 2.12. The quantitative estimate of drug-likeness (QED) is 0.716. The van der Waals surface area contributed by atoms with Crippen LogP contribution in [0, 0.1) is 0 Å². The third kappa shape index (κ3) is 2.07. The number of rotatable bonds is 2. The van der Waals surface area contributed by atoms with E-state index in [-0.39, 0.29) is 5.69 Å². The molecule has 3 N–H and O–H groups in total. The van der Waals surface area contributed by atoms with Crippen LogP contribution in [0.1, 0.15) is 5.56 Å². The fraction of sp³-hybridized carbons (Fsp3) is 0.0714. The lowest BCUT2D eigenvalue weighted by atomic mass is 10.1. The third-order valence-electron chi connectivity index (χ3n) is 3.12. The van der Waals surface area contributed by atoms with E-state index in [9.17, 15) is 9.59 Å². The van der Waals surface area contributed by atoms with Crippen LogP contribution in [0.3, 0.4) is 0 Å². The molecule has 3 rings (SSSR count). The molecule has 3 aromatic rings. The maximum absolute atomic E-state index is 11.8. The summed E-state index contributed by atoms with van der Waals surface area (Å²) in [6.07, 6.45) is 3.05. The molecule has 0 unspecified atom stereocenters. The van der Waals surface area contributed by atoms with E-state index >= 15 is 0 Å². The van der Waals surface area contributed by atoms with Crippen LogP contribution in [-0.4, -0.2) is 14.5 Å². The Hall–Kier alpha value is -2.89. The van der Waals surface area contributed by atoms with Gasteiger partial charge in [-0.15, -0.1) is 0 Å². The minimum absolute atomic E-state index is 0.0166. The minimum Gasteiger partial charge on any atom is -0.393 e. The van der Waals surface area contributed by atoms with Gasteiger partial charge in [0.2, 0.25) is 0 Å². The number of anilines is 1. The van der Waals surface area contributed by atoms with Crippen molar-refractivity contribution in [1.29, 1.82) is 0 Å². The van der Waals surface area contributed by atoms with Gasteiger partial charge in [0.25, 0.3) is 5.56 Å². The zero-order valence-corrected chi connectivity index (χ0v) is 10.5. The van der Waals surface area contributed by atoms with Crippen molar-refractivity contribution < 1.29 is 0 Å². The van der Waals surface area contributed by atoms with Crippen LogP contribution in [0.4, 0.5) is 5.69 Å². The van der Waals surface area contributed by atoms with Crippen LogP contribution >= 0.6 is 0 Å². The maximum Gasteiger partial charge on any atom is 0.328 e. The van der Waals surface area contributed by atoms with Crippen molar-refractivity contribution in [3.63, 3.8) is 0 Å². The standard InChI is InChI=1S/C14H12N4O2/c15-11-8-18(14(20)17-13(11)19)7-9-5-6-16-12-4-2-1-3-10(9)12/h1-6,8H,7,15H2,(H,17,19,20).